The van der Waals surface area contributed by atoms with Gasteiger partial charge in [-0.2, -0.15) is 5.10 Å². The van der Waals surface area contributed by atoms with Crippen LogP contribution in [-0.2, 0) is 22.0 Å². The lowest BCUT2D eigenvalue weighted by molar-refractivity contribution is -0.121. The average molecular weight is 519 g/mol. The summed E-state index contributed by atoms with van der Waals surface area (Å²) in [5.41, 5.74) is 5.45. The number of carbonyl (C=O) groups excluding carboxylic acids is 2. The Morgan fingerprint density at radius 2 is 1.58 bits per heavy atom. The van der Waals surface area contributed by atoms with Gasteiger partial charge in [0.2, 0.25) is 5.91 Å². The molecule has 0 aromatic heterocycles. The maximum Gasteiger partial charge on any atom is 0.343 e. The predicted octanol–water partition coefficient (Wildman–Crippen LogP) is 6.43. The Bertz CT molecular complexity index is 1320. The van der Waals surface area contributed by atoms with Crippen LogP contribution in [0.4, 0.5) is 4.39 Å². The lowest BCUT2D eigenvalue weighted by Gasteiger charge is -2.28. The second kappa shape index (κ2) is 11.6. The second-order valence-electron chi connectivity index (χ2n) is 11.3. The van der Waals surface area contributed by atoms with Crippen LogP contribution in [0.25, 0.3) is 0 Å². The van der Waals surface area contributed by atoms with E-state index >= 15 is 0 Å². The van der Waals surface area contributed by atoms with Gasteiger partial charge in [-0.15, -0.1) is 0 Å². The van der Waals surface area contributed by atoms with Gasteiger partial charge in [-0.05, 0) is 69.8 Å². The highest BCUT2D eigenvalue weighted by Gasteiger charge is 2.26. The van der Waals surface area contributed by atoms with Gasteiger partial charge < -0.3 is 9.84 Å². The zero-order valence-corrected chi connectivity index (χ0v) is 22.8. The van der Waals surface area contributed by atoms with Crippen molar-refractivity contribution in [3.8, 4) is 11.5 Å². The SMILES string of the molecule is CC(C)(C)c1cc(CCC(=O)N/N=C\c2cccc(OC(=O)c3cccc(F)c3)c2)cc(C(C)(C)C)c1O. The van der Waals surface area contributed by atoms with Crippen molar-refractivity contribution in [3.05, 3.63) is 94.3 Å². The molecule has 0 radical (unpaired) electrons. The summed E-state index contributed by atoms with van der Waals surface area (Å²) >= 11 is 0. The summed E-state index contributed by atoms with van der Waals surface area (Å²) in [5, 5.41) is 14.9. The predicted molar refractivity (Wildman–Crippen MR) is 147 cm³/mol. The number of ether oxygens (including phenoxy) is 1. The topological polar surface area (TPSA) is 88.0 Å². The van der Waals surface area contributed by atoms with Gasteiger partial charge in [0.15, 0.2) is 0 Å². The summed E-state index contributed by atoms with van der Waals surface area (Å²) in [7, 11) is 0. The number of carbonyl (C=O) groups is 2. The average Bonchev–Trinajstić information content (AvgIpc) is 2.82. The van der Waals surface area contributed by atoms with Crippen molar-refractivity contribution in [2.75, 3.05) is 0 Å². The van der Waals surface area contributed by atoms with E-state index in [2.05, 4.69) is 52.1 Å². The zero-order chi connectivity index (χ0) is 28.1. The Morgan fingerprint density at radius 1 is 0.947 bits per heavy atom. The molecule has 1 amide bonds. The molecule has 0 aliphatic carbocycles. The highest BCUT2D eigenvalue weighted by Crippen LogP contribution is 2.40. The molecule has 0 saturated heterocycles. The van der Waals surface area contributed by atoms with Crippen LogP contribution in [0.1, 0.15) is 80.6 Å². The van der Waals surface area contributed by atoms with Crippen LogP contribution in [0.3, 0.4) is 0 Å². The van der Waals surface area contributed by atoms with Gasteiger partial charge >= 0.3 is 5.97 Å². The number of aryl methyl sites for hydroxylation is 1. The molecule has 200 valence electrons. The Balaban J connectivity index is 1.62. The Morgan fingerprint density at radius 3 is 2.18 bits per heavy atom. The molecule has 3 rings (SSSR count). The molecule has 0 aliphatic rings. The van der Waals surface area contributed by atoms with Crippen LogP contribution in [0, 0.1) is 5.82 Å². The monoisotopic (exact) mass is 518 g/mol. The molecule has 6 nitrogen and oxygen atoms in total. The lowest BCUT2D eigenvalue weighted by Crippen LogP contribution is -2.20. The van der Waals surface area contributed by atoms with Crippen LogP contribution in [0.15, 0.2) is 65.8 Å². The third-order valence-electron chi connectivity index (χ3n) is 5.96. The largest absolute Gasteiger partial charge is 0.507 e. The van der Waals surface area contributed by atoms with Crippen LogP contribution >= 0.6 is 0 Å². The third-order valence-corrected chi connectivity index (χ3v) is 5.96. The van der Waals surface area contributed by atoms with Crippen LogP contribution < -0.4 is 10.2 Å². The molecule has 3 aromatic rings. The first-order valence-corrected chi connectivity index (χ1v) is 12.5. The van der Waals surface area contributed by atoms with E-state index in [1.165, 1.54) is 24.4 Å². The Hall–Kier alpha value is -4.00. The number of aromatic hydroxyl groups is 1. The minimum atomic E-state index is -0.676. The van der Waals surface area contributed by atoms with E-state index in [9.17, 15) is 19.1 Å². The Labute approximate surface area is 223 Å². The second-order valence-corrected chi connectivity index (χ2v) is 11.3. The number of rotatable bonds is 7. The highest BCUT2D eigenvalue weighted by atomic mass is 19.1. The minimum absolute atomic E-state index is 0.106. The fraction of sp³-hybridized carbons (Fsp3) is 0.323. The number of amides is 1. The number of hydrazone groups is 1. The van der Waals surface area contributed by atoms with Gasteiger partial charge in [-0.1, -0.05) is 71.9 Å². The van der Waals surface area contributed by atoms with Gasteiger partial charge in [0.05, 0.1) is 11.8 Å². The first-order valence-electron chi connectivity index (χ1n) is 12.5. The number of nitrogens with zero attached hydrogens (tertiary/aromatic N) is 1. The summed E-state index contributed by atoms with van der Waals surface area (Å²) in [5.74, 6) is -0.869. The fourth-order valence-electron chi connectivity index (χ4n) is 3.91. The molecule has 0 bridgehead atoms. The third kappa shape index (κ3) is 7.75. The quantitative estimate of drug-likeness (QED) is 0.163. The number of esters is 1. The van der Waals surface area contributed by atoms with E-state index in [1.54, 1.807) is 24.3 Å². The number of phenolic OH excluding ortho intramolecular Hbond substituents is 1. The van der Waals surface area contributed by atoms with Crippen molar-refractivity contribution in [3.63, 3.8) is 0 Å². The molecular formula is C31H35FN2O4. The van der Waals surface area contributed by atoms with Crippen LogP contribution in [0.2, 0.25) is 0 Å². The van der Waals surface area contributed by atoms with Crippen molar-refractivity contribution in [2.45, 2.75) is 65.2 Å². The van der Waals surface area contributed by atoms with Crippen molar-refractivity contribution in [1.82, 2.24) is 5.43 Å². The maximum absolute atomic E-state index is 13.4. The molecule has 2 N–H and O–H groups in total. The molecule has 0 aliphatic heterocycles. The van der Waals surface area contributed by atoms with E-state index in [0.29, 0.717) is 17.7 Å². The first kappa shape index (κ1) is 28.6. The lowest BCUT2D eigenvalue weighted by atomic mass is 9.78. The van der Waals surface area contributed by atoms with E-state index in [1.807, 2.05) is 12.1 Å². The first-order chi connectivity index (χ1) is 17.7. The van der Waals surface area contributed by atoms with E-state index < -0.39 is 11.8 Å². The van der Waals surface area contributed by atoms with Crippen molar-refractivity contribution < 1.29 is 23.8 Å². The summed E-state index contributed by atoms with van der Waals surface area (Å²) in [6, 6.07) is 15.8. The molecule has 38 heavy (non-hydrogen) atoms. The van der Waals surface area contributed by atoms with Gasteiger partial charge in [-0.25, -0.2) is 14.6 Å². The normalized spacial score (nSPS) is 12.0. The fourth-order valence-corrected chi connectivity index (χ4v) is 3.91. The minimum Gasteiger partial charge on any atom is -0.507 e. The number of halogens is 1. The molecule has 0 heterocycles. The number of hydrogen-bond donors (Lipinski definition) is 2. The van der Waals surface area contributed by atoms with Crippen LogP contribution in [0.5, 0.6) is 11.5 Å². The number of phenols is 1. The van der Waals surface area contributed by atoms with Crippen molar-refractivity contribution in [1.29, 1.82) is 0 Å². The van der Waals surface area contributed by atoms with Gasteiger partial charge in [-0.3, -0.25) is 4.79 Å². The molecule has 0 fully saturated rings. The summed E-state index contributed by atoms with van der Waals surface area (Å²) < 4.78 is 18.7. The van der Waals surface area contributed by atoms with E-state index in [4.69, 9.17) is 4.74 Å². The number of nitrogens with one attached hydrogen (secondary N) is 1. The Kier molecular flexibility index (Phi) is 8.71. The number of hydrogen-bond acceptors (Lipinski definition) is 5. The molecule has 0 atom stereocenters. The molecule has 7 heteroatoms. The molecule has 0 spiro atoms. The number of benzene rings is 3. The van der Waals surface area contributed by atoms with Gasteiger partial charge in [0.1, 0.15) is 17.3 Å². The highest BCUT2D eigenvalue weighted by molar-refractivity contribution is 5.91. The summed E-state index contributed by atoms with van der Waals surface area (Å²) in [6.07, 6.45) is 2.17. The maximum atomic E-state index is 13.4. The van der Waals surface area contributed by atoms with Crippen molar-refractivity contribution >= 4 is 18.1 Å². The van der Waals surface area contributed by atoms with Crippen molar-refractivity contribution in [2.24, 2.45) is 5.10 Å². The standard InChI is InChI=1S/C31H35FN2O4/c1-30(2,3)25-16-20(17-26(28(25)36)31(4,5)6)13-14-27(35)34-33-19-21-9-7-12-24(15-21)38-29(37)22-10-8-11-23(32)18-22/h7-12,15-19,36H,13-14H2,1-6H3,(H,34,35)/b33-19-. The molecular weight excluding hydrogens is 483 g/mol. The summed E-state index contributed by atoms with van der Waals surface area (Å²) in [4.78, 5) is 24.7. The summed E-state index contributed by atoms with van der Waals surface area (Å²) in [6.45, 7) is 12.3. The molecule has 0 unspecified atom stereocenters. The molecule has 3 aromatic carbocycles. The molecule has 0 saturated carbocycles. The zero-order valence-electron chi connectivity index (χ0n) is 22.8. The van der Waals surface area contributed by atoms with Gasteiger partial charge in [0.25, 0.3) is 0 Å². The van der Waals surface area contributed by atoms with E-state index in [-0.39, 0.29) is 34.5 Å². The van der Waals surface area contributed by atoms with Crippen LogP contribution in [-0.4, -0.2) is 23.2 Å². The van der Waals surface area contributed by atoms with Gasteiger partial charge in [0, 0.05) is 6.42 Å². The smallest absolute Gasteiger partial charge is 0.343 e. The van der Waals surface area contributed by atoms with E-state index in [0.717, 1.165) is 22.8 Å².